The second-order valence-electron chi connectivity index (χ2n) is 5.33. The molecular weight excluding hydrogens is 212 g/mol. The van der Waals surface area contributed by atoms with Crippen molar-refractivity contribution in [1.29, 1.82) is 0 Å². The van der Waals surface area contributed by atoms with Crippen molar-refractivity contribution < 1.29 is 4.74 Å². The van der Waals surface area contributed by atoms with E-state index < -0.39 is 0 Å². The number of hydrogen-bond acceptors (Lipinski definition) is 3. The zero-order valence-corrected chi connectivity index (χ0v) is 10.4. The molecule has 17 heavy (non-hydrogen) atoms. The van der Waals surface area contributed by atoms with Crippen molar-refractivity contribution in [3.05, 3.63) is 23.9 Å². The van der Waals surface area contributed by atoms with Gasteiger partial charge in [-0.2, -0.15) is 0 Å². The first-order valence-electron chi connectivity index (χ1n) is 6.66. The summed E-state index contributed by atoms with van der Waals surface area (Å²) in [6.45, 7) is 4.33. The smallest absolute Gasteiger partial charge is 0.213 e. The molecule has 1 aromatic heterocycles. The fraction of sp³-hybridized carbons (Fsp3) is 0.643. The lowest BCUT2D eigenvalue weighted by Gasteiger charge is -2.29. The van der Waals surface area contributed by atoms with Crippen LogP contribution < -0.4 is 10.1 Å². The van der Waals surface area contributed by atoms with Crippen molar-refractivity contribution in [1.82, 2.24) is 10.3 Å². The van der Waals surface area contributed by atoms with Gasteiger partial charge in [-0.25, -0.2) is 4.98 Å². The molecule has 0 amide bonds. The van der Waals surface area contributed by atoms with Gasteiger partial charge < -0.3 is 10.1 Å². The van der Waals surface area contributed by atoms with E-state index in [0.29, 0.717) is 12.0 Å². The van der Waals surface area contributed by atoms with E-state index >= 15 is 0 Å². The number of rotatable bonds is 3. The minimum Gasteiger partial charge on any atom is -0.474 e. The van der Waals surface area contributed by atoms with Crippen LogP contribution >= 0.6 is 0 Å². The zero-order valence-electron chi connectivity index (χ0n) is 10.4. The molecule has 2 aliphatic rings. The maximum atomic E-state index is 5.97. The van der Waals surface area contributed by atoms with E-state index in [1.165, 1.54) is 18.4 Å². The predicted molar refractivity (Wildman–Crippen MR) is 67.3 cm³/mol. The van der Waals surface area contributed by atoms with E-state index in [4.69, 9.17) is 4.74 Å². The van der Waals surface area contributed by atoms with Crippen LogP contribution in [0.15, 0.2) is 18.3 Å². The third-order valence-corrected chi connectivity index (χ3v) is 3.79. The standard InChI is InChI=1S/C14H20N2O/c1-10-8-15-7-6-13(10)17-14-5-4-12(9-16-14)11-2-3-11/h4-5,9-11,13,15H,2-3,6-8H2,1H3/t10-,13+/m0/s1. The highest BCUT2D eigenvalue weighted by atomic mass is 16.5. The minimum atomic E-state index is 0.315. The molecule has 3 rings (SSSR count). The van der Waals surface area contributed by atoms with Crippen LogP contribution in [0.25, 0.3) is 0 Å². The Labute approximate surface area is 103 Å². The summed E-state index contributed by atoms with van der Waals surface area (Å²) in [5, 5.41) is 3.38. The Morgan fingerprint density at radius 3 is 2.82 bits per heavy atom. The van der Waals surface area contributed by atoms with E-state index in [9.17, 15) is 0 Å². The molecule has 3 heteroatoms. The first kappa shape index (κ1) is 11.0. The van der Waals surface area contributed by atoms with Crippen molar-refractivity contribution in [2.24, 2.45) is 5.92 Å². The number of aromatic nitrogens is 1. The van der Waals surface area contributed by atoms with Crippen molar-refractivity contribution in [3.63, 3.8) is 0 Å². The Hall–Kier alpha value is -1.09. The van der Waals surface area contributed by atoms with E-state index in [2.05, 4.69) is 23.3 Å². The van der Waals surface area contributed by atoms with E-state index in [1.54, 1.807) is 0 Å². The Morgan fingerprint density at radius 1 is 1.29 bits per heavy atom. The number of pyridine rings is 1. The van der Waals surface area contributed by atoms with Gasteiger partial charge in [0.15, 0.2) is 0 Å². The molecule has 0 aromatic carbocycles. The van der Waals surface area contributed by atoms with Crippen LogP contribution in [0.1, 0.15) is 37.7 Å². The molecule has 0 radical (unpaired) electrons. The molecule has 1 aliphatic heterocycles. The molecule has 0 bridgehead atoms. The monoisotopic (exact) mass is 232 g/mol. The van der Waals surface area contributed by atoms with Gasteiger partial charge in [0, 0.05) is 24.7 Å². The van der Waals surface area contributed by atoms with Crippen LogP contribution in [0.5, 0.6) is 5.88 Å². The van der Waals surface area contributed by atoms with Gasteiger partial charge in [-0.05, 0) is 37.3 Å². The van der Waals surface area contributed by atoms with Crippen molar-refractivity contribution in [3.8, 4) is 5.88 Å². The number of ether oxygens (including phenoxy) is 1. The van der Waals surface area contributed by atoms with Gasteiger partial charge in [0.2, 0.25) is 5.88 Å². The summed E-state index contributed by atoms with van der Waals surface area (Å²) >= 11 is 0. The Kier molecular flexibility index (Phi) is 3.02. The van der Waals surface area contributed by atoms with Crippen LogP contribution in [-0.4, -0.2) is 24.2 Å². The molecule has 0 spiro atoms. The van der Waals surface area contributed by atoms with Gasteiger partial charge in [-0.3, -0.25) is 0 Å². The fourth-order valence-electron chi connectivity index (χ4n) is 2.44. The third-order valence-electron chi connectivity index (χ3n) is 3.79. The molecule has 1 N–H and O–H groups in total. The summed E-state index contributed by atoms with van der Waals surface area (Å²) in [4.78, 5) is 4.43. The lowest BCUT2D eigenvalue weighted by Crippen LogP contribution is -2.41. The lowest BCUT2D eigenvalue weighted by molar-refractivity contribution is 0.107. The Morgan fingerprint density at radius 2 is 2.18 bits per heavy atom. The van der Waals surface area contributed by atoms with Crippen molar-refractivity contribution in [2.75, 3.05) is 13.1 Å². The van der Waals surface area contributed by atoms with Crippen LogP contribution in [0.2, 0.25) is 0 Å². The van der Waals surface area contributed by atoms with E-state index in [1.807, 2.05) is 12.3 Å². The first-order chi connectivity index (χ1) is 8.33. The average Bonchev–Trinajstić information content (AvgIpc) is 3.17. The Balaban J connectivity index is 1.63. The minimum absolute atomic E-state index is 0.315. The van der Waals surface area contributed by atoms with Crippen LogP contribution in [0.3, 0.4) is 0 Å². The highest BCUT2D eigenvalue weighted by Gasteiger charge is 2.25. The molecular formula is C14H20N2O. The van der Waals surface area contributed by atoms with Crippen molar-refractivity contribution in [2.45, 2.75) is 38.2 Å². The van der Waals surface area contributed by atoms with Crippen LogP contribution in [0.4, 0.5) is 0 Å². The molecule has 1 aromatic rings. The summed E-state index contributed by atoms with van der Waals surface area (Å²) in [7, 11) is 0. The van der Waals surface area contributed by atoms with E-state index in [-0.39, 0.29) is 0 Å². The summed E-state index contributed by atoms with van der Waals surface area (Å²) in [6.07, 6.45) is 6.03. The third kappa shape index (κ3) is 2.60. The largest absolute Gasteiger partial charge is 0.474 e. The molecule has 1 aliphatic carbocycles. The molecule has 1 saturated carbocycles. The molecule has 2 fully saturated rings. The first-order valence-corrected chi connectivity index (χ1v) is 6.66. The maximum Gasteiger partial charge on any atom is 0.213 e. The highest BCUT2D eigenvalue weighted by molar-refractivity contribution is 5.24. The molecule has 0 unspecified atom stereocenters. The topological polar surface area (TPSA) is 34.1 Å². The normalized spacial score (nSPS) is 29.0. The second kappa shape index (κ2) is 4.65. The molecule has 2 atom stereocenters. The van der Waals surface area contributed by atoms with Gasteiger partial charge in [0.1, 0.15) is 6.10 Å². The van der Waals surface area contributed by atoms with Gasteiger partial charge in [-0.15, -0.1) is 0 Å². The lowest BCUT2D eigenvalue weighted by atomic mass is 9.98. The van der Waals surface area contributed by atoms with Gasteiger partial charge in [0.05, 0.1) is 0 Å². The number of hydrogen-bond donors (Lipinski definition) is 1. The molecule has 92 valence electrons. The van der Waals surface area contributed by atoms with Crippen LogP contribution in [0, 0.1) is 5.92 Å². The fourth-order valence-corrected chi connectivity index (χ4v) is 2.44. The zero-order chi connectivity index (χ0) is 11.7. The Bertz CT molecular complexity index is 372. The molecule has 2 heterocycles. The summed E-state index contributed by atoms with van der Waals surface area (Å²) in [6, 6.07) is 4.20. The molecule has 3 nitrogen and oxygen atoms in total. The summed E-state index contributed by atoms with van der Waals surface area (Å²) in [5.41, 5.74) is 1.37. The number of nitrogens with one attached hydrogen (secondary N) is 1. The SMILES string of the molecule is C[C@H]1CNCC[C@H]1Oc1ccc(C2CC2)cn1. The van der Waals surface area contributed by atoms with E-state index in [0.717, 1.165) is 31.3 Å². The van der Waals surface area contributed by atoms with Crippen LogP contribution in [-0.2, 0) is 0 Å². The second-order valence-corrected chi connectivity index (χ2v) is 5.33. The maximum absolute atomic E-state index is 5.97. The van der Waals surface area contributed by atoms with Gasteiger partial charge in [0.25, 0.3) is 0 Å². The average molecular weight is 232 g/mol. The van der Waals surface area contributed by atoms with Crippen molar-refractivity contribution >= 4 is 0 Å². The number of piperidine rings is 1. The van der Waals surface area contributed by atoms with Gasteiger partial charge >= 0.3 is 0 Å². The molecule has 1 saturated heterocycles. The number of nitrogens with zero attached hydrogens (tertiary/aromatic N) is 1. The summed E-state index contributed by atoms with van der Waals surface area (Å²) in [5.74, 6) is 2.12. The quantitative estimate of drug-likeness (QED) is 0.868. The highest BCUT2D eigenvalue weighted by Crippen LogP contribution is 2.39. The summed E-state index contributed by atoms with van der Waals surface area (Å²) < 4.78 is 5.97. The predicted octanol–water partition coefficient (Wildman–Crippen LogP) is 2.34. The van der Waals surface area contributed by atoms with Gasteiger partial charge in [-0.1, -0.05) is 13.0 Å².